The minimum atomic E-state index is -0.353. The lowest BCUT2D eigenvalue weighted by Crippen LogP contribution is -2.30. The van der Waals surface area contributed by atoms with Crippen molar-refractivity contribution >= 4 is 23.2 Å². The van der Waals surface area contributed by atoms with E-state index in [2.05, 4.69) is 5.43 Å². The quantitative estimate of drug-likeness (QED) is 0.656. The summed E-state index contributed by atoms with van der Waals surface area (Å²) >= 11 is 12.0. The van der Waals surface area contributed by atoms with E-state index >= 15 is 0 Å². The van der Waals surface area contributed by atoms with Crippen molar-refractivity contribution in [2.45, 2.75) is 19.4 Å². The van der Waals surface area contributed by atoms with Gasteiger partial charge in [-0.2, -0.15) is 0 Å². The third kappa shape index (κ3) is 3.49. The molecule has 0 radical (unpaired) electrons. The highest BCUT2D eigenvalue weighted by Gasteiger charge is 2.16. The number of benzene rings is 2. The topological polar surface area (TPSA) is 38.0 Å². The van der Waals surface area contributed by atoms with Crippen LogP contribution >= 0.6 is 23.2 Å². The highest BCUT2D eigenvalue weighted by Crippen LogP contribution is 2.27. The van der Waals surface area contributed by atoms with Gasteiger partial charge in [-0.1, -0.05) is 47.0 Å². The molecule has 0 aliphatic rings. The lowest BCUT2D eigenvalue weighted by atomic mass is 9.97. The molecule has 2 rings (SSSR count). The Bertz CT molecular complexity index is 617. The van der Waals surface area contributed by atoms with Crippen LogP contribution in [-0.4, -0.2) is 0 Å². The highest BCUT2D eigenvalue weighted by molar-refractivity contribution is 6.35. The summed E-state index contributed by atoms with van der Waals surface area (Å²) in [6.45, 7) is 1.91. The average Bonchev–Trinajstić information content (AvgIpc) is 2.41. The van der Waals surface area contributed by atoms with Gasteiger partial charge in [-0.25, -0.2) is 4.39 Å². The molecule has 2 nitrogen and oxygen atoms in total. The Morgan fingerprint density at radius 3 is 2.60 bits per heavy atom. The maximum Gasteiger partial charge on any atom is 0.128 e. The zero-order valence-corrected chi connectivity index (χ0v) is 12.5. The number of hydrogen-bond donors (Lipinski definition) is 2. The van der Waals surface area contributed by atoms with Crippen molar-refractivity contribution in [3.05, 3.63) is 69.0 Å². The van der Waals surface area contributed by atoms with Crippen molar-refractivity contribution in [2.24, 2.45) is 5.84 Å². The fourth-order valence-corrected chi connectivity index (χ4v) is 2.58. The summed E-state index contributed by atoms with van der Waals surface area (Å²) in [5.74, 6) is 5.28. The number of hydrogen-bond acceptors (Lipinski definition) is 2. The lowest BCUT2D eigenvalue weighted by molar-refractivity contribution is 0.510. The Balaban J connectivity index is 2.31. The van der Waals surface area contributed by atoms with Crippen molar-refractivity contribution in [3.8, 4) is 0 Å². The second-order valence-electron chi connectivity index (χ2n) is 4.68. The predicted octanol–water partition coefficient (Wildman–Crippen LogP) is 4.19. The smallest absolute Gasteiger partial charge is 0.128 e. The van der Waals surface area contributed by atoms with E-state index in [4.69, 9.17) is 29.0 Å². The van der Waals surface area contributed by atoms with Gasteiger partial charge in [-0.15, -0.1) is 0 Å². The second kappa shape index (κ2) is 6.55. The van der Waals surface area contributed by atoms with Crippen LogP contribution in [-0.2, 0) is 6.42 Å². The van der Waals surface area contributed by atoms with Gasteiger partial charge in [-0.3, -0.25) is 11.3 Å². The molecule has 0 saturated heterocycles. The Kier molecular flexibility index (Phi) is 5.00. The van der Waals surface area contributed by atoms with Crippen molar-refractivity contribution in [1.82, 2.24) is 5.43 Å². The molecule has 5 heteroatoms. The van der Waals surface area contributed by atoms with E-state index in [0.29, 0.717) is 22.0 Å². The van der Waals surface area contributed by atoms with Crippen LogP contribution in [0.3, 0.4) is 0 Å². The third-order valence-electron chi connectivity index (χ3n) is 3.17. The molecule has 0 aliphatic heterocycles. The van der Waals surface area contributed by atoms with E-state index in [-0.39, 0.29) is 11.9 Å². The molecule has 2 aromatic carbocycles. The summed E-state index contributed by atoms with van der Waals surface area (Å²) < 4.78 is 13.9. The van der Waals surface area contributed by atoms with Crippen LogP contribution in [0.4, 0.5) is 4.39 Å². The first-order valence-electron chi connectivity index (χ1n) is 6.17. The van der Waals surface area contributed by atoms with Crippen molar-refractivity contribution in [3.63, 3.8) is 0 Å². The summed E-state index contributed by atoms with van der Waals surface area (Å²) in [7, 11) is 0. The van der Waals surface area contributed by atoms with Gasteiger partial charge in [0.1, 0.15) is 5.82 Å². The van der Waals surface area contributed by atoms with Crippen LogP contribution in [0.2, 0.25) is 10.0 Å². The molecule has 0 amide bonds. The van der Waals surface area contributed by atoms with E-state index in [0.717, 1.165) is 11.1 Å². The SMILES string of the molecule is Cc1ccc(F)c(C(Cc2ccc(Cl)cc2Cl)NN)c1. The Hall–Kier alpha value is -1.13. The molecule has 0 spiro atoms. The first-order chi connectivity index (χ1) is 9.51. The first kappa shape index (κ1) is 15.3. The van der Waals surface area contributed by atoms with Gasteiger partial charge in [0.05, 0.1) is 6.04 Å². The first-order valence-corrected chi connectivity index (χ1v) is 6.93. The Labute approximate surface area is 127 Å². The van der Waals surface area contributed by atoms with E-state index < -0.39 is 0 Å². The van der Waals surface area contributed by atoms with Gasteiger partial charge in [0.15, 0.2) is 0 Å². The fraction of sp³-hybridized carbons (Fsp3) is 0.200. The predicted molar refractivity (Wildman–Crippen MR) is 81.4 cm³/mol. The van der Waals surface area contributed by atoms with Gasteiger partial charge < -0.3 is 0 Å². The zero-order valence-electron chi connectivity index (χ0n) is 11.0. The van der Waals surface area contributed by atoms with Crippen LogP contribution in [0.25, 0.3) is 0 Å². The molecule has 0 aliphatic carbocycles. The number of hydrazine groups is 1. The monoisotopic (exact) mass is 312 g/mol. The number of nitrogens with one attached hydrogen (secondary N) is 1. The third-order valence-corrected chi connectivity index (χ3v) is 3.75. The molecular weight excluding hydrogens is 298 g/mol. The van der Waals surface area contributed by atoms with E-state index in [9.17, 15) is 4.39 Å². The molecule has 20 heavy (non-hydrogen) atoms. The van der Waals surface area contributed by atoms with E-state index in [1.165, 1.54) is 6.07 Å². The maximum atomic E-state index is 13.9. The summed E-state index contributed by atoms with van der Waals surface area (Å²) in [6.07, 6.45) is 0.479. The van der Waals surface area contributed by atoms with Crippen molar-refractivity contribution in [2.75, 3.05) is 0 Å². The van der Waals surface area contributed by atoms with Crippen LogP contribution in [0.1, 0.15) is 22.7 Å². The van der Waals surface area contributed by atoms with Gasteiger partial charge in [0.25, 0.3) is 0 Å². The van der Waals surface area contributed by atoms with Gasteiger partial charge in [-0.05, 0) is 37.1 Å². The number of aryl methyl sites for hydroxylation is 1. The molecule has 2 aromatic rings. The Morgan fingerprint density at radius 2 is 1.95 bits per heavy atom. The van der Waals surface area contributed by atoms with Gasteiger partial charge in [0, 0.05) is 15.6 Å². The molecular formula is C15H15Cl2FN2. The van der Waals surface area contributed by atoms with Gasteiger partial charge in [0.2, 0.25) is 0 Å². The van der Waals surface area contributed by atoms with Crippen molar-refractivity contribution < 1.29 is 4.39 Å². The molecule has 0 aromatic heterocycles. The summed E-state index contributed by atoms with van der Waals surface area (Å²) in [6, 6.07) is 9.84. The number of halogens is 3. The highest BCUT2D eigenvalue weighted by atomic mass is 35.5. The second-order valence-corrected chi connectivity index (χ2v) is 5.53. The minimum Gasteiger partial charge on any atom is -0.271 e. The van der Waals surface area contributed by atoms with Crippen LogP contribution in [0, 0.1) is 12.7 Å². The molecule has 0 heterocycles. The van der Waals surface area contributed by atoms with E-state index in [1.807, 2.05) is 13.0 Å². The average molecular weight is 313 g/mol. The zero-order chi connectivity index (χ0) is 14.7. The van der Waals surface area contributed by atoms with E-state index in [1.54, 1.807) is 24.3 Å². The molecule has 1 atom stereocenters. The van der Waals surface area contributed by atoms with Crippen LogP contribution in [0.5, 0.6) is 0 Å². The normalized spacial score (nSPS) is 12.4. The fourth-order valence-electron chi connectivity index (χ4n) is 2.10. The molecule has 0 saturated carbocycles. The summed E-state index contributed by atoms with van der Waals surface area (Å²) in [4.78, 5) is 0. The maximum absolute atomic E-state index is 13.9. The van der Waals surface area contributed by atoms with Crippen molar-refractivity contribution in [1.29, 1.82) is 0 Å². The summed E-state index contributed by atoms with van der Waals surface area (Å²) in [5, 5.41) is 1.11. The Morgan fingerprint density at radius 1 is 1.20 bits per heavy atom. The largest absolute Gasteiger partial charge is 0.271 e. The minimum absolute atomic E-state index is 0.288. The number of nitrogens with two attached hydrogens (primary N) is 1. The van der Waals surface area contributed by atoms with Crippen LogP contribution in [0.15, 0.2) is 36.4 Å². The standard InChI is InChI=1S/C15H15Cl2FN2/c1-9-2-5-14(18)12(6-9)15(20-19)7-10-3-4-11(16)8-13(10)17/h2-6,8,15,20H,7,19H2,1H3. The lowest BCUT2D eigenvalue weighted by Gasteiger charge is -2.18. The molecule has 3 N–H and O–H groups in total. The van der Waals surface area contributed by atoms with Crippen LogP contribution < -0.4 is 11.3 Å². The summed E-state index contributed by atoms with van der Waals surface area (Å²) in [5.41, 5.74) is 5.01. The molecule has 106 valence electrons. The number of rotatable bonds is 4. The molecule has 0 fully saturated rings. The molecule has 0 bridgehead atoms. The van der Waals surface area contributed by atoms with Gasteiger partial charge >= 0.3 is 0 Å². The molecule has 1 unspecified atom stereocenters.